The van der Waals surface area contributed by atoms with E-state index in [2.05, 4.69) is 38.2 Å². The van der Waals surface area contributed by atoms with Crippen molar-refractivity contribution in [2.75, 3.05) is 19.8 Å². The lowest BCUT2D eigenvalue weighted by Crippen LogP contribution is -2.47. The number of aryl methyl sites for hydroxylation is 2. The first-order chi connectivity index (χ1) is 9.02. The van der Waals surface area contributed by atoms with Crippen molar-refractivity contribution in [2.45, 2.75) is 46.1 Å². The van der Waals surface area contributed by atoms with Gasteiger partial charge < -0.3 is 15.2 Å². The van der Waals surface area contributed by atoms with E-state index in [1.165, 1.54) is 0 Å². The Bertz CT molecular complexity index is 372. The molecule has 1 rings (SSSR count). The quantitative estimate of drug-likeness (QED) is 0.759. The Morgan fingerprint density at radius 3 is 2.42 bits per heavy atom. The van der Waals surface area contributed by atoms with Crippen molar-refractivity contribution in [3.05, 3.63) is 29.3 Å². The van der Waals surface area contributed by atoms with Gasteiger partial charge in [0.05, 0.1) is 13.2 Å². The molecule has 1 aromatic rings. The Kier molecular flexibility index (Phi) is 6.32. The third-order valence-electron chi connectivity index (χ3n) is 3.46. The molecule has 0 bridgehead atoms. The normalized spacial score (nSPS) is 14.2. The van der Waals surface area contributed by atoms with Gasteiger partial charge in [0.15, 0.2) is 0 Å². The van der Waals surface area contributed by atoms with Gasteiger partial charge in [0.25, 0.3) is 0 Å². The molecule has 0 aliphatic heterocycles. The van der Waals surface area contributed by atoms with Gasteiger partial charge in [0.1, 0.15) is 5.75 Å². The van der Waals surface area contributed by atoms with Crippen LogP contribution in [0.25, 0.3) is 0 Å². The molecule has 0 radical (unpaired) electrons. The van der Waals surface area contributed by atoms with Crippen molar-refractivity contribution < 1.29 is 9.84 Å². The summed E-state index contributed by atoms with van der Waals surface area (Å²) in [5, 5.41) is 12.9. The van der Waals surface area contributed by atoms with Gasteiger partial charge in [-0.25, -0.2) is 0 Å². The van der Waals surface area contributed by atoms with E-state index in [-0.39, 0.29) is 12.1 Å². The summed E-state index contributed by atoms with van der Waals surface area (Å²) in [4.78, 5) is 0. The summed E-state index contributed by atoms with van der Waals surface area (Å²) in [6.45, 7) is 9.93. The van der Waals surface area contributed by atoms with E-state index >= 15 is 0 Å². The highest BCUT2D eigenvalue weighted by atomic mass is 16.5. The molecular weight excluding hydrogens is 238 g/mol. The van der Waals surface area contributed by atoms with E-state index in [0.29, 0.717) is 6.61 Å². The van der Waals surface area contributed by atoms with E-state index in [0.717, 1.165) is 36.3 Å². The third kappa shape index (κ3) is 4.84. The lowest BCUT2D eigenvalue weighted by atomic mass is 9.99. The van der Waals surface area contributed by atoms with Gasteiger partial charge in [-0.1, -0.05) is 25.1 Å². The third-order valence-corrected chi connectivity index (χ3v) is 3.46. The molecule has 1 aromatic carbocycles. The van der Waals surface area contributed by atoms with Crippen molar-refractivity contribution in [1.82, 2.24) is 5.32 Å². The molecule has 0 saturated carbocycles. The van der Waals surface area contributed by atoms with Crippen LogP contribution >= 0.6 is 0 Å². The number of nitrogens with one attached hydrogen (secondary N) is 1. The molecule has 0 aliphatic carbocycles. The highest BCUT2D eigenvalue weighted by Crippen LogP contribution is 2.23. The van der Waals surface area contributed by atoms with Gasteiger partial charge in [-0.15, -0.1) is 0 Å². The first-order valence-electron chi connectivity index (χ1n) is 7.07. The molecule has 108 valence electrons. The molecule has 0 fully saturated rings. The maximum absolute atomic E-state index is 9.50. The summed E-state index contributed by atoms with van der Waals surface area (Å²) in [7, 11) is 0. The topological polar surface area (TPSA) is 41.5 Å². The monoisotopic (exact) mass is 265 g/mol. The number of benzene rings is 1. The molecule has 0 amide bonds. The van der Waals surface area contributed by atoms with Crippen LogP contribution in [0, 0.1) is 13.8 Å². The predicted octanol–water partition coefficient (Wildman–Crippen LogP) is 2.82. The summed E-state index contributed by atoms with van der Waals surface area (Å²) >= 11 is 0. The summed E-state index contributed by atoms with van der Waals surface area (Å²) < 4.78 is 5.89. The van der Waals surface area contributed by atoms with Gasteiger partial charge in [-0.05, 0) is 44.9 Å². The van der Waals surface area contributed by atoms with Crippen LogP contribution in [0.3, 0.4) is 0 Å². The minimum atomic E-state index is -0.257. The Morgan fingerprint density at radius 1 is 1.26 bits per heavy atom. The van der Waals surface area contributed by atoms with Gasteiger partial charge >= 0.3 is 0 Å². The summed E-state index contributed by atoms with van der Waals surface area (Å²) in [5.74, 6) is 0.971. The van der Waals surface area contributed by atoms with Crippen LogP contribution in [-0.4, -0.2) is 30.4 Å². The number of rotatable bonds is 8. The zero-order valence-electron chi connectivity index (χ0n) is 12.6. The van der Waals surface area contributed by atoms with E-state index in [9.17, 15) is 5.11 Å². The Balaban J connectivity index is 2.52. The van der Waals surface area contributed by atoms with Gasteiger partial charge in [0.2, 0.25) is 0 Å². The molecule has 0 spiro atoms. The number of ether oxygens (including phenoxy) is 1. The first-order valence-corrected chi connectivity index (χ1v) is 7.07. The van der Waals surface area contributed by atoms with Crippen LogP contribution in [0.5, 0.6) is 5.75 Å². The fourth-order valence-corrected chi connectivity index (χ4v) is 2.06. The minimum Gasteiger partial charge on any atom is -0.493 e. The van der Waals surface area contributed by atoms with Crippen molar-refractivity contribution >= 4 is 0 Å². The number of aliphatic hydroxyl groups is 1. The van der Waals surface area contributed by atoms with Crippen LogP contribution in [0.2, 0.25) is 0 Å². The fraction of sp³-hybridized carbons (Fsp3) is 0.625. The SMILES string of the molecule is CCCNC(C)(CO)CCOc1c(C)cccc1C. The molecular formula is C16H27NO2. The van der Waals surface area contributed by atoms with Crippen molar-refractivity contribution in [3.8, 4) is 5.75 Å². The summed E-state index contributed by atoms with van der Waals surface area (Å²) in [6, 6.07) is 6.16. The Labute approximate surface area is 117 Å². The predicted molar refractivity (Wildman–Crippen MR) is 79.8 cm³/mol. The number of aliphatic hydroxyl groups excluding tert-OH is 1. The van der Waals surface area contributed by atoms with E-state index in [1.54, 1.807) is 0 Å². The lowest BCUT2D eigenvalue weighted by molar-refractivity contribution is 0.144. The molecule has 2 N–H and O–H groups in total. The molecule has 3 heteroatoms. The molecule has 0 saturated heterocycles. The molecule has 0 aromatic heterocycles. The van der Waals surface area contributed by atoms with Crippen molar-refractivity contribution in [1.29, 1.82) is 0 Å². The molecule has 19 heavy (non-hydrogen) atoms. The zero-order valence-corrected chi connectivity index (χ0v) is 12.6. The van der Waals surface area contributed by atoms with E-state index in [1.807, 2.05) is 13.0 Å². The maximum atomic E-state index is 9.50. The van der Waals surface area contributed by atoms with Crippen LogP contribution in [-0.2, 0) is 0 Å². The molecule has 0 aliphatic rings. The van der Waals surface area contributed by atoms with Gasteiger partial charge in [-0.2, -0.15) is 0 Å². The number of hydrogen-bond acceptors (Lipinski definition) is 3. The summed E-state index contributed by atoms with van der Waals surface area (Å²) in [5.41, 5.74) is 2.06. The van der Waals surface area contributed by atoms with Crippen LogP contribution in [0.1, 0.15) is 37.8 Å². The van der Waals surface area contributed by atoms with Crippen LogP contribution in [0.15, 0.2) is 18.2 Å². The minimum absolute atomic E-state index is 0.128. The zero-order chi connectivity index (χ0) is 14.3. The highest BCUT2D eigenvalue weighted by molar-refractivity contribution is 5.39. The Hall–Kier alpha value is -1.06. The smallest absolute Gasteiger partial charge is 0.125 e. The van der Waals surface area contributed by atoms with E-state index in [4.69, 9.17) is 4.74 Å². The molecule has 1 unspecified atom stereocenters. The van der Waals surface area contributed by atoms with E-state index < -0.39 is 0 Å². The molecule has 0 heterocycles. The average Bonchev–Trinajstić information content (AvgIpc) is 2.40. The fourth-order valence-electron chi connectivity index (χ4n) is 2.06. The largest absolute Gasteiger partial charge is 0.493 e. The Morgan fingerprint density at radius 2 is 1.89 bits per heavy atom. The van der Waals surface area contributed by atoms with Gasteiger partial charge in [-0.3, -0.25) is 0 Å². The van der Waals surface area contributed by atoms with Crippen LogP contribution < -0.4 is 10.1 Å². The number of hydrogen-bond donors (Lipinski definition) is 2. The second-order valence-electron chi connectivity index (χ2n) is 5.46. The van der Waals surface area contributed by atoms with Gasteiger partial charge in [0, 0.05) is 12.0 Å². The standard InChI is InChI=1S/C16H27NO2/c1-5-10-17-16(4,12-18)9-11-19-15-13(2)7-6-8-14(15)3/h6-8,17-18H,5,9-12H2,1-4H3. The highest BCUT2D eigenvalue weighted by Gasteiger charge is 2.22. The van der Waals surface area contributed by atoms with Crippen molar-refractivity contribution in [3.63, 3.8) is 0 Å². The average molecular weight is 265 g/mol. The molecule has 3 nitrogen and oxygen atoms in total. The first kappa shape index (κ1) is 16.0. The molecule has 1 atom stereocenters. The maximum Gasteiger partial charge on any atom is 0.125 e. The lowest BCUT2D eigenvalue weighted by Gasteiger charge is -2.29. The second-order valence-corrected chi connectivity index (χ2v) is 5.46. The number of para-hydroxylation sites is 1. The second kappa shape index (κ2) is 7.51. The van der Waals surface area contributed by atoms with Crippen LogP contribution in [0.4, 0.5) is 0 Å². The summed E-state index contributed by atoms with van der Waals surface area (Å²) in [6.07, 6.45) is 1.85. The van der Waals surface area contributed by atoms with Crippen molar-refractivity contribution in [2.24, 2.45) is 0 Å².